The summed E-state index contributed by atoms with van der Waals surface area (Å²) in [5.41, 5.74) is -0.322. The summed E-state index contributed by atoms with van der Waals surface area (Å²) in [4.78, 5) is 0. The first-order chi connectivity index (χ1) is 7.49. The molecule has 0 saturated heterocycles. The monoisotopic (exact) mass is 224 g/mol. The van der Waals surface area contributed by atoms with Crippen LogP contribution in [0, 0.1) is 23.7 Å². The molecule has 16 heavy (non-hydrogen) atoms. The van der Waals surface area contributed by atoms with E-state index in [0.717, 1.165) is 18.8 Å². The molecule has 0 aliphatic heterocycles. The van der Waals surface area contributed by atoms with Crippen LogP contribution in [0.4, 0.5) is 0 Å². The van der Waals surface area contributed by atoms with Crippen LogP contribution in [-0.2, 0) is 0 Å². The lowest BCUT2D eigenvalue weighted by Crippen LogP contribution is -2.45. The van der Waals surface area contributed by atoms with Gasteiger partial charge in [0, 0.05) is 0 Å². The number of hydrogen-bond donors (Lipinski definition) is 1. The Hall–Kier alpha value is -0.0400. The highest BCUT2D eigenvalue weighted by atomic mass is 16.3. The Morgan fingerprint density at radius 3 is 1.81 bits per heavy atom. The molecule has 94 valence electrons. The Kier molecular flexibility index (Phi) is 3.63. The van der Waals surface area contributed by atoms with Crippen LogP contribution in [0.15, 0.2) is 0 Å². The second-order valence-corrected chi connectivity index (χ2v) is 6.91. The molecule has 2 atom stereocenters. The fourth-order valence-electron chi connectivity index (χ4n) is 4.27. The van der Waals surface area contributed by atoms with E-state index in [9.17, 15) is 5.11 Å². The van der Waals surface area contributed by atoms with Crippen molar-refractivity contribution in [3.8, 4) is 0 Å². The van der Waals surface area contributed by atoms with Crippen LogP contribution >= 0.6 is 0 Å². The van der Waals surface area contributed by atoms with E-state index >= 15 is 0 Å². The maximum atomic E-state index is 10.9. The van der Waals surface area contributed by atoms with Gasteiger partial charge >= 0.3 is 0 Å². The van der Waals surface area contributed by atoms with E-state index in [2.05, 4.69) is 20.8 Å². The minimum Gasteiger partial charge on any atom is -0.390 e. The van der Waals surface area contributed by atoms with Gasteiger partial charge in [-0.2, -0.15) is 0 Å². The zero-order valence-corrected chi connectivity index (χ0v) is 11.2. The average Bonchev–Trinajstić information content (AvgIpc) is 2.16. The van der Waals surface area contributed by atoms with E-state index in [1.165, 1.54) is 32.1 Å². The Morgan fingerprint density at radius 1 is 0.812 bits per heavy atom. The summed E-state index contributed by atoms with van der Waals surface area (Å²) in [6.07, 6.45) is 8.60. The SMILES string of the molecule is CC1CCC(C2(O)CC(C)CC(C)C2)CC1. The first-order valence-electron chi connectivity index (χ1n) is 7.22. The van der Waals surface area contributed by atoms with Gasteiger partial charge in [0.15, 0.2) is 0 Å². The van der Waals surface area contributed by atoms with Gasteiger partial charge < -0.3 is 5.11 Å². The third-order valence-electron chi connectivity index (χ3n) is 4.98. The quantitative estimate of drug-likeness (QED) is 0.714. The molecule has 1 heteroatoms. The van der Waals surface area contributed by atoms with E-state index in [1.54, 1.807) is 0 Å². The zero-order valence-electron chi connectivity index (χ0n) is 11.2. The molecule has 0 spiro atoms. The molecule has 0 bridgehead atoms. The van der Waals surface area contributed by atoms with Crippen LogP contribution in [0.5, 0.6) is 0 Å². The van der Waals surface area contributed by atoms with Crippen molar-refractivity contribution in [3.63, 3.8) is 0 Å². The van der Waals surface area contributed by atoms with E-state index < -0.39 is 0 Å². The maximum Gasteiger partial charge on any atom is 0.0680 e. The first-order valence-corrected chi connectivity index (χ1v) is 7.22. The van der Waals surface area contributed by atoms with E-state index in [0.29, 0.717) is 17.8 Å². The lowest BCUT2D eigenvalue weighted by atomic mass is 9.64. The van der Waals surface area contributed by atoms with Crippen LogP contribution < -0.4 is 0 Å². The minimum absolute atomic E-state index is 0.322. The highest BCUT2D eigenvalue weighted by Crippen LogP contribution is 2.45. The van der Waals surface area contributed by atoms with Crippen molar-refractivity contribution in [1.82, 2.24) is 0 Å². The molecular weight excluding hydrogens is 196 g/mol. The second kappa shape index (κ2) is 4.68. The zero-order chi connectivity index (χ0) is 11.8. The van der Waals surface area contributed by atoms with Gasteiger partial charge in [0.1, 0.15) is 0 Å². The molecule has 2 rings (SSSR count). The molecule has 0 amide bonds. The van der Waals surface area contributed by atoms with Gasteiger partial charge in [-0.3, -0.25) is 0 Å². The molecule has 0 radical (unpaired) electrons. The van der Waals surface area contributed by atoms with Gasteiger partial charge in [-0.25, -0.2) is 0 Å². The summed E-state index contributed by atoms with van der Waals surface area (Å²) in [5, 5.41) is 10.9. The standard InChI is InChI=1S/C15H28O/c1-11-4-6-14(7-5-11)15(16)9-12(2)8-13(3)10-15/h11-14,16H,4-10H2,1-3H3. The Labute approximate surface area is 101 Å². The summed E-state index contributed by atoms with van der Waals surface area (Å²) in [6.45, 7) is 6.98. The molecule has 2 saturated carbocycles. The third kappa shape index (κ3) is 2.61. The van der Waals surface area contributed by atoms with Crippen molar-refractivity contribution in [1.29, 1.82) is 0 Å². The van der Waals surface area contributed by atoms with Crippen molar-refractivity contribution >= 4 is 0 Å². The van der Waals surface area contributed by atoms with Gasteiger partial charge in [-0.05, 0) is 55.8 Å². The summed E-state index contributed by atoms with van der Waals surface area (Å²) in [5.74, 6) is 2.91. The topological polar surface area (TPSA) is 20.2 Å². The molecule has 2 unspecified atom stereocenters. The molecule has 0 heterocycles. The fourth-order valence-corrected chi connectivity index (χ4v) is 4.27. The highest BCUT2D eigenvalue weighted by molar-refractivity contribution is 4.94. The summed E-state index contributed by atoms with van der Waals surface area (Å²) in [6, 6.07) is 0. The molecular formula is C15H28O. The molecule has 0 aromatic rings. The molecule has 2 aliphatic carbocycles. The van der Waals surface area contributed by atoms with Crippen LogP contribution in [0.25, 0.3) is 0 Å². The fraction of sp³-hybridized carbons (Fsp3) is 1.00. The molecule has 2 fully saturated rings. The van der Waals surface area contributed by atoms with Gasteiger partial charge in [-0.15, -0.1) is 0 Å². The minimum atomic E-state index is -0.322. The second-order valence-electron chi connectivity index (χ2n) is 6.91. The van der Waals surface area contributed by atoms with Crippen molar-refractivity contribution < 1.29 is 5.11 Å². The van der Waals surface area contributed by atoms with Crippen LogP contribution in [0.2, 0.25) is 0 Å². The summed E-state index contributed by atoms with van der Waals surface area (Å²) >= 11 is 0. The normalized spacial score (nSPS) is 50.2. The largest absolute Gasteiger partial charge is 0.390 e. The maximum absolute atomic E-state index is 10.9. The molecule has 2 aliphatic rings. The van der Waals surface area contributed by atoms with Gasteiger partial charge in [0.25, 0.3) is 0 Å². The Balaban J connectivity index is 2.00. The van der Waals surface area contributed by atoms with Crippen LogP contribution in [0.1, 0.15) is 65.7 Å². The van der Waals surface area contributed by atoms with E-state index in [-0.39, 0.29) is 5.60 Å². The van der Waals surface area contributed by atoms with Gasteiger partial charge in [0.05, 0.1) is 5.60 Å². The van der Waals surface area contributed by atoms with E-state index in [4.69, 9.17) is 0 Å². The van der Waals surface area contributed by atoms with Gasteiger partial charge in [-0.1, -0.05) is 33.6 Å². The predicted molar refractivity (Wildman–Crippen MR) is 68.3 cm³/mol. The van der Waals surface area contributed by atoms with Crippen molar-refractivity contribution in [2.75, 3.05) is 0 Å². The highest BCUT2D eigenvalue weighted by Gasteiger charge is 2.42. The Bertz CT molecular complexity index is 218. The molecule has 0 aromatic carbocycles. The lowest BCUT2D eigenvalue weighted by molar-refractivity contribution is -0.0902. The molecule has 1 N–H and O–H groups in total. The molecule has 1 nitrogen and oxygen atoms in total. The Morgan fingerprint density at radius 2 is 1.31 bits per heavy atom. The first kappa shape index (κ1) is 12.4. The number of rotatable bonds is 1. The predicted octanol–water partition coefficient (Wildman–Crippen LogP) is 4.00. The smallest absolute Gasteiger partial charge is 0.0680 e. The number of hydrogen-bond acceptors (Lipinski definition) is 1. The summed E-state index contributed by atoms with van der Waals surface area (Å²) in [7, 11) is 0. The van der Waals surface area contributed by atoms with Crippen molar-refractivity contribution in [3.05, 3.63) is 0 Å². The van der Waals surface area contributed by atoms with Crippen LogP contribution in [0.3, 0.4) is 0 Å². The summed E-state index contributed by atoms with van der Waals surface area (Å²) < 4.78 is 0. The van der Waals surface area contributed by atoms with Crippen molar-refractivity contribution in [2.45, 2.75) is 71.3 Å². The lowest BCUT2D eigenvalue weighted by Gasteiger charge is -2.46. The van der Waals surface area contributed by atoms with Gasteiger partial charge in [0.2, 0.25) is 0 Å². The average molecular weight is 224 g/mol. The molecule has 0 aromatic heterocycles. The van der Waals surface area contributed by atoms with Crippen LogP contribution in [-0.4, -0.2) is 10.7 Å². The van der Waals surface area contributed by atoms with Crippen molar-refractivity contribution in [2.24, 2.45) is 23.7 Å². The number of aliphatic hydroxyl groups is 1. The third-order valence-corrected chi connectivity index (χ3v) is 4.98. The van der Waals surface area contributed by atoms with E-state index in [1.807, 2.05) is 0 Å².